The van der Waals surface area contributed by atoms with Gasteiger partial charge in [0.05, 0.1) is 47.4 Å². The Balaban J connectivity index is 1.16. The average molecular weight is 637 g/mol. The highest BCUT2D eigenvalue weighted by Crippen LogP contribution is 2.34. The number of benzene rings is 3. The lowest BCUT2D eigenvalue weighted by Gasteiger charge is -2.19. The number of carbonyl (C=O) groups is 2. The zero-order valence-corrected chi connectivity index (χ0v) is 25.4. The Kier molecular flexibility index (Phi) is 10.0. The van der Waals surface area contributed by atoms with E-state index < -0.39 is 21.7 Å². The van der Waals surface area contributed by atoms with Gasteiger partial charge in [0.25, 0.3) is 11.8 Å². The first kappa shape index (κ1) is 31.3. The second kappa shape index (κ2) is 14.1. The minimum Gasteiger partial charge on any atom is -0.494 e. The number of rotatable bonds is 13. The predicted octanol–water partition coefficient (Wildman–Crippen LogP) is 3.19. The van der Waals surface area contributed by atoms with Crippen molar-refractivity contribution >= 4 is 38.7 Å². The van der Waals surface area contributed by atoms with Crippen LogP contribution in [0.3, 0.4) is 0 Å². The molecule has 5 rings (SSSR count). The van der Waals surface area contributed by atoms with Gasteiger partial charge in [0.2, 0.25) is 9.84 Å². The second-order valence-electron chi connectivity index (χ2n) is 9.99. The van der Waals surface area contributed by atoms with Crippen LogP contribution < -0.4 is 15.4 Å². The molecule has 0 atom stereocenters. The molecule has 0 aliphatic carbocycles. The highest BCUT2D eigenvalue weighted by Gasteiger charge is 2.31. The first-order valence-electron chi connectivity index (χ1n) is 14.0. The van der Waals surface area contributed by atoms with E-state index in [9.17, 15) is 18.0 Å². The molecule has 4 aromatic rings. The maximum atomic E-state index is 13.2. The summed E-state index contributed by atoms with van der Waals surface area (Å²) < 4.78 is 32.2. The number of hydrogen-bond donors (Lipinski definition) is 4. The number of aliphatic hydroxyl groups is 2. The number of fused-ring (bicyclic) bond motifs is 2. The molecule has 0 saturated carbocycles. The molecule has 0 fully saturated rings. The van der Waals surface area contributed by atoms with E-state index in [-0.39, 0.29) is 46.4 Å². The third kappa shape index (κ3) is 7.14. The van der Waals surface area contributed by atoms with E-state index in [4.69, 9.17) is 14.9 Å². The maximum Gasteiger partial charge on any atom is 0.257 e. The molecule has 13 heteroatoms. The summed E-state index contributed by atoms with van der Waals surface area (Å²) >= 11 is 1.43. The summed E-state index contributed by atoms with van der Waals surface area (Å²) in [5.74, 6) is -0.257. The lowest BCUT2D eigenvalue weighted by Crippen LogP contribution is -2.31. The first-order valence-corrected chi connectivity index (χ1v) is 16.3. The van der Waals surface area contributed by atoms with Crippen molar-refractivity contribution in [3.63, 3.8) is 0 Å². The Morgan fingerprint density at radius 1 is 0.977 bits per heavy atom. The summed E-state index contributed by atoms with van der Waals surface area (Å²) in [5, 5.41) is 24.4. The van der Waals surface area contributed by atoms with Gasteiger partial charge >= 0.3 is 0 Å². The van der Waals surface area contributed by atoms with E-state index in [0.29, 0.717) is 19.7 Å². The van der Waals surface area contributed by atoms with Gasteiger partial charge in [-0.3, -0.25) is 14.5 Å². The normalized spacial score (nSPS) is 13.5. The third-order valence-electron chi connectivity index (χ3n) is 7.00. The van der Waals surface area contributed by atoms with Gasteiger partial charge in [-0.25, -0.2) is 13.4 Å². The van der Waals surface area contributed by atoms with Crippen LogP contribution >= 0.6 is 11.3 Å². The highest BCUT2D eigenvalue weighted by molar-refractivity contribution is 7.91. The summed E-state index contributed by atoms with van der Waals surface area (Å²) in [6.45, 7) is 2.58. The Morgan fingerprint density at radius 3 is 2.48 bits per heavy atom. The Labute approximate surface area is 259 Å². The lowest BCUT2D eigenvalue weighted by atomic mass is 10.1. The molecule has 11 nitrogen and oxygen atoms in total. The average Bonchev–Trinajstić information content (AvgIpc) is 3.48. The van der Waals surface area contributed by atoms with E-state index >= 15 is 0 Å². The third-order valence-corrected chi connectivity index (χ3v) is 9.91. The molecule has 2 amide bonds. The molecule has 0 bridgehead atoms. The van der Waals surface area contributed by atoms with Crippen molar-refractivity contribution in [1.29, 1.82) is 0 Å². The van der Waals surface area contributed by atoms with Crippen molar-refractivity contribution in [2.45, 2.75) is 22.8 Å². The van der Waals surface area contributed by atoms with E-state index in [2.05, 4.69) is 15.6 Å². The van der Waals surface area contributed by atoms with Gasteiger partial charge in [0.1, 0.15) is 10.8 Å². The van der Waals surface area contributed by atoms with Crippen LogP contribution in [0.2, 0.25) is 0 Å². The number of carbonyl (C=O) groups excluding carboxylic acids is 2. The standard InChI is InChI=1S/C31H32N4O7S2/c36-15-13-35(14-16-37)12-3-17-42-23-9-6-21(7-10-23)31-33-20-24(43-31)19-32-29(38)22-8-11-28-26(18-22)34-30(39)25-4-1-2-5-27(25)44(28,40)41/h1-2,4-11,18,20,36-37H,3,12-17,19H2,(H,32,38)(H,34,39). The molecule has 0 saturated heterocycles. The number of aromatic nitrogens is 1. The van der Waals surface area contributed by atoms with E-state index in [1.165, 1.54) is 41.7 Å². The molecule has 1 aromatic heterocycles. The predicted molar refractivity (Wildman–Crippen MR) is 166 cm³/mol. The van der Waals surface area contributed by atoms with Crippen LogP contribution in [0, 0.1) is 0 Å². The van der Waals surface area contributed by atoms with Crippen LogP contribution in [0.5, 0.6) is 5.75 Å². The van der Waals surface area contributed by atoms with Crippen molar-refractivity contribution in [1.82, 2.24) is 15.2 Å². The lowest BCUT2D eigenvalue weighted by molar-refractivity contribution is 0.0949. The molecule has 2 heterocycles. The monoisotopic (exact) mass is 636 g/mol. The molecular formula is C31H32N4O7S2. The second-order valence-corrected chi connectivity index (χ2v) is 13.0. The summed E-state index contributed by atoms with van der Waals surface area (Å²) in [6.07, 6.45) is 2.45. The van der Waals surface area contributed by atoms with Crippen molar-refractivity contribution in [3.8, 4) is 16.3 Å². The van der Waals surface area contributed by atoms with Crippen LogP contribution in [0.4, 0.5) is 5.69 Å². The van der Waals surface area contributed by atoms with E-state index in [1.54, 1.807) is 18.3 Å². The van der Waals surface area contributed by atoms with E-state index in [1.807, 2.05) is 29.2 Å². The van der Waals surface area contributed by atoms with Gasteiger partial charge in [-0.1, -0.05) is 12.1 Å². The van der Waals surface area contributed by atoms with Crippen molar-refractivity contribution in [2.24, 2.45) is 0 Å². The minimum absolute atomic E-state index is 0.0485. The van der Waals surface area contributed by atoms with Gasteiger partial charge in [-0.2, -0.15) is 0 Å². The number of aliphatic hydroxyl groups excluding tert-OH is 2. The maximum absolute atomic E-state index is 13.2. The number of nitrogens with zero attached hydrogens (tertiary/aromatic N) is 2. The molecule has 1 aliphatic rings. The molecular weight excluding hydrogens is 604 g/mol. The van der Waals surface area contributed by atoms with E-state index in [0.717, 1.165) is 34.2 Å². The fourth-order valence-electron chi connectivity index (χ4n) is 4.78. The molecule has 1 aliphatic heterocycles. The summed E-state index contributed by atoms with van der Waals surface area (Å²) in [4.78, 5) is 32.8. The fourth-order valence-corrected chi connectivity index (χ4v) is 7.23. The molecule has 230 valence electrons. The molecule has 0 radical (unpaired) electrons. The number of thiazole rings is 1. The van der Waals surface area contributed by atoms with Crippen LogP contribution in [0.1, 0.15) is 32.0 Å². The van der Waals surface area contributed by atoms with Crippen LogP contribution in [0.15, 0.2) is 82.7 Å². The smallest absolute Gasteiger partial charge is 0.257 e. The van der Waals surface area contributed by atoms with Crippen molar-refractivity contribution in [3.05, 3.63) is 88.9 Å². The number of hydrogen-bond acceptors (Lipinski definition) is 10. The fraction of sp³-hybridized carbons (Fsp3) is 0.258. The molecule has 44 heavy (non-hydrogen) atoms. The zero-order chi connectivity index (χ0) is 31.1. The summed E-state index contributed by atoms with van der Waals surface area (Å²) in [6, 6.07) is 17.7. The highest BCUT2D eigenvalue weighted by atomic mass is 32.2. The number of sulfone groups is 1. The Bertz CT molecular complexity index is 1730. The quantitative estimate of drug-likeness (QED) is 0.162. The largest absolute Gasteiger partial charge is 0.494 e. The molecule has 0 unspecified atom stereocenters. The molecule has 3 aromatic carbocycles. The SMILES string of the molecule is O=C(NCc1cnc(-c2ccc(OCCCN(CCO)CCO)cc2)s1)c1ccc2c(c1)NC(=O)c1ccccc1S2(=O)=O. The number of amides is 2. The van der Waals surface area contributed by atoms with Crippen molar-refractivity contribution in [2.75, 3.05) is 44.8 Å². The first-order chi connectivity index (χ1) is 21.3. The molecule has 4 N–H and O–H groups in total. The van der Waals surface area contributed by atoms with Crippen LogP contribution in [-0.4, -0.2) is 79.8 Å². The molecule has 0 spiro atoms. The topological polar surface area (TPSA) is 158 Å². The Hall–Kier alpha value is -4.14. The minimum atomic E-state index is -3.95. The Morgan fingerprint density at radius 2 is 1.73 bits per heavy atom. The number of anilines is 1. The van der Waals surface area contributed by atoms with Gasteiger partial charge in [0.15, 0.2) is 0 Å². The zero-order valence-electron chi connectivity index (χ0n) is 23.7. The number of ether oxygens (including phenoxy) is 1. The van der Waals surface area contributed by atoms with Gasteiger partial charge in [0, 0.05) is 41.8 Å². The van der Waals surface area contributed by atoms with Gasteiger partial charge < -0.3 is 25.6 Å². The van der Waals surface area contributed by atoms with Crippen LogP contribution in [0.25, 0.3) is 10.6 Å². The summed E-state index contributed by atoms with van der Waals surface area (Å²) in [5.41, 5.74) is 1.21. The van der Waals surface area contributed by atoms with Crippen LogP contribution in [-0.2, 0) is 16.4 Å². The summed E-state index contributed by atoms with van der Waals surface area (Å²) in [7, 11) is -3.95. The van der Waals surface area contributed by atoms with Gasteiger partial charge in [-0.15, -0.1) is 11.3 Å². The van der Waals surface area contributed by atoms with Crippen molar-refractivity contribution < 1.29 is 33.0 Å². The van der Waals surface area contributed by atoms with Gasteiger partial charge in [-0.05, 0) is 61.0 Å². The number of nitrogens with one attached hydrogen (secondary N) is 2.